The van der Waals surface area contributed by atoms with Crippen molar-refractivity contribution in [2.75, 3.05) is 5.73 Å². The number of aromatic hydroxyl groups is 1. The Balaban J connectivity index is 2.30. The van der Waals surface area contributed by atoms with Crippen LogP contribution in [0.5, 0.6) is 17.2 Å². The number of aryl methyl sites for hydroxylation is 1. The van der Waals surface area contributed by atoms with Crippen LogP contribution in [0, 0.1) is 6.92 Å². The molecule has 0 unspecified atom stereocenters. The number of nitrogen functional groups attached to an aromatic ring is 1. The number of hydrogen-bond acceptors (Lipinski definition) is 3. The molecule has 0 aliphatic carbocycles. The van der Waals surface area contributed by atoms with Gasteiger partial charge in [-0.3, -0.25) is 0 Å². The van der Waals surface area contributed by atoms with Crippen LogP contribution in [0.2, 0.25) is 0 Å². The summed E-state index contributed by atoms with van der Waals surface area (Å²) in [5, 5.41) is 9.43. The maximum absolute atomic E-state index is 9.43. The molecular weight excluding hydrogens is 202 g/mol. The van der Waals surface area contributed by atoms with Crippen LogP contribution < -0.4 is 10.5 Å². The molecule has 0 aromatic heterocycles. The van der Waals surface area contributed by atoms with Crippen LogP contribution in [0.25, 0.3) is 0 Å². The van der Waals surface area contributed by atoms with Gasteiger partial charge in [0.2, 0.25) is 0 Å². The van der Waals surface area contributed by atoms with Crippen LogP contribution in [0.3, 0.4) is 0 Å². The quantitative estimate of drug-likeness (QED) is 0.757. The highest BCUT2D eigenvalue weighted by Crippen LogP contribution is 2.29. The largest absolute Gasteiger partial charge is 0.508 e. The number of phenolic OH excluding ortho intramolecular Hbond substituents is 1. The lowest BCUT2D eigenvalue weighted by Gasteiger charge is -2.09. The molecule has 0 fully saturated rings. The van der Waals surface area contributed by atoms with Crippen LogP contribution in [0.15, 0.2) is 42.5 Å². The number of rotatable bonds is 2. The summed E-state index contributed by atoms with van der Waals surface area (Å²) < 4.78 is 5.59. The first-order valence-electron chi connectivity index (χ1n) is 4.98. The zero-order valence-corrected chi connectivity index (χ0v) is 8.97. The Hall–Kier alpha value is -2.16. The van der Waals surface area contributed by atoms with E-state index in [0.29, 0.717) is 17.2 Å². The van der Waals surface area contributed by atoms with E-state index in [9.17, 15) is 5.11 Å². The molecule has 0 bridgehead atoms. The van der Waals surface area contributed by atoms with Gasteiger partial charge < -0.3 is 15.6 Å². The minimum Gasteiger partial charge on any atom is -0.508 e. The van der Waals surface area contributed by atoms with E-state index in [1.54, 1.807) is 24.3 Å². The Morgan fingerprint density at radius 3 is 2.56 bits per heavy atom. The lowest BCUT2D eigenvalue weighted by Crippen LogP contribution is -1.91. The van der Waals surface area contributed by atoms with Crippen LogP contribution in [0.1, 0.15) is 5.56 Å². The van der Waals surface area contributed by atoms with E-state index in [2.05, 4.69) is 0 Å². The molecule has 2 aromatic rings. The van der Waals surface area contributed by atoms with Gasteiger partial charge in [0.05, 0.1) is 5.69 Å². The van der Waals surface area contributed by atoms with Crippen molar-refractivity contribution in [3.8, 4) is 17.2 Å². The smallest absolute Gasteiger partial charge is 0.150 e. The lowest BCUT2D eigenvalue weighted by atomic mass is 10.2. The van der Waals surface area contributed by atoms with Gasteiger partial charge in [0.25, 0.3) is 0 Å². The third kappa shape index (κ3) is 2.25. The van der Waals surface area contributed by atoms with Gasteiger partial charge in [0.1, 0.15) is 17.2 Å². The minimum atomic E-state index is 0.185. The number of benzene rings is 2. The van der Waals surface area contributed by atoms with Crippen molar-refractivity contribution in [1.82, 2.24) is 0 Å². The zero-order valence-electron chi connectivity index (χ0n) is 8.97. The Kier molecular flexibility index (Phi) is 2.68. The predicted octanol–water partition coefficient (Wildman–Crippen LogP) is 3.08. The van der Waals surface area contributed by atoms with Crippen molar-refractivity contribution in [3.05, 3.63) is 48.0 Å². The Labute approximate surface area is 94.1 Å². The fourth-order valence-corrected chi connectivity index (χ4v) is 1.49. The van der Waals surface area contributed by atoms with E-state index in [4.69, 9.17) is 10.5 Å². The van der Waals surface area contributed by atoms with Crippen molar-refractivity contribution < 1.29 is 9.84 Å². The molecule has 3 nitrogen and oxygen atoms in total. The highest BCUT2D eigenvalue weighted by molar-refractivity contribution is 5.54. The Morgan fingerprint density at radius 2 is 1.88 bits per heavy atom. The van der Waals surface area contributed by atoms with Crippen LogP contribution in [0.4, 0.5) is 5.69 Å². The average Bonchev–Trinajstić information content (AvgIpc) is 2.20. The molecule has 2 rings (SSSR count). The Bertz CT molecular complexity index is 489. The van der Waals surface area contributed by atoms with Crippen LogP contribution >= 0.6 is 0 Å². The third-order valence-corrected chi connectivity index (χ3v) is 2.18. The highest BCUT2D eigenvalue weighted by atomic mass is 16.5. The summed E-state index contributed by atoms with van der Waals surface area (Å²) in [6, 6.07) is 12.3. The molecule has 0 aliphatic rings. The van der Waals surface area contributed by atoms with Gasteiger partial charge in [-0.1, -0.05) is 12.1 Å². The molecule has 0 saturated heterocycles. The molecule has 0 heterocycles. The van der Waals surface area contributed by atoms with Gasteiger partial charge in [0.15, 0.2) is 0 Å². The standard InChI is InChI=1S/C13H13NO2/c1-9-6-10(15)8-11(7-9)16-13-5-3-2-4-12(13)14/h2-8,15H,14H2,1H3. The fraction of sp³-hybridized carbons (Fsp3) is 0.0769. The van der Waals surface area contributed by atoms with E-state index in [0.717, 1.165) is 5.56 Å². The minimum absolute atomic E-state index is 0.185. The molecule has 0 atom stereocenters. The first-order valence-corrected chi connectivity index (χ1v) is 4.98. The van der Waals surface area contributed by atoms with E-state index in [1.165, 1.54) is 0 Å². The molecule has 0 radical (unpaired) electrons. The second kappa shape index (κ2) is 4.14. The van der Waals surface area contributed by atoms with E-state index < -0.39 is 0 Å². The summed E-state index contributed by atoms with van der Waals surface area (Å²) in [6.07, 6.45) is 0. The number of nitrogens with two attached hydrogens (primary N) is 1. The van der Waals surface area contributed by atoms with Crippen LogP contribution in [-0.2, 0) is 0 Å². The van der Waals surface area contributed by atoms with Crippen molar-refractivity contribution in [2.45, 2.75) is 6.92 Å². The van der Waals surface area contributed by atoms with Gasteiger partial charge in [-0.25, -0.2) is 0 Å². The van der Waals surface area contributed by atoms with Crippen molar-refractivity contribution >= 4 is 5.69 Å². The molecule has 3 N–H and O–H groups in total. The monoisotopic (exact) mass is 215 g/mol. The number of anilines is 1. The highest BCUT2D eigenvalue weighted by Gasteiger charge is 2.02. The zero-order chi connectivity index (χ0) is 11.5. The van der Waals surface area contributed by atoms with Gasteiger partial charge >= 0.3 is 0 Å². The first-order chi connectivity index (χ1) is 7.65. The molecule has 0 amide bonds. The second-order valence-corrected chi connectivity index (χ2v) is 3.64. The first kappa shape index (κ1) is 10.4. The second-order valence-electron chi connectivity index (χ2n) is 3.64. The molecule has 0 aliphatic heterocycles. The van der Waals surface area contributed by atoms with Gasteiger partial charge in [-0.05, 0) is 36.8 Å². The SMILES string of the molecule is Cc1cc(O)cc(Oc2ccccc2N)c1. The summed E-state index contributed by atoms with van der Waals surface area (Å²) in [4.78, 5) is 0. The summed E-state index contributed by atoms with van der Waals surface area (Å²) >= 11 is 0. The van der Waals surface area contributed by atoms with Gasteiger partial charge in [-0.2, -0.15) is 0 Å². The normalized spacial score (nSPS) is 10.1. The third-order valence-electron chi connectivity index (χ3n) is 2.18. The summed E-state index contributed by atoms with van der Waals surface area (Å²) in [5.41, 5.74) is 7.26. The average molecular weight is 215 g/mol. The number of hydrogen-bond donors (Lipinski definition) is 2. The molecule has 0 saturated carbocycles. The molecule has 82 valence electrons. The molecule has 3 heteroatoms. The maximum atomic E-state index is 9.43. The van der Waals surface area contributed by atoms with Crippen molar-refractivity contribution in [2.24, 2.45) is 0 Å². The molecule has 0 spiro atoms. The number of ether oxygens (including phenoxy) is 1. The topological polar surface area (TPSA) is 55.5 Å². The predicted molar refractivity (Wildman–Crippen MR) is 63.8 cm³/mol. The molecule has 2 aromatic carbocycles. The van der Waals surface area contributed by atoms with E-state index in [-0.39, 0.29) is 5.75 Å². The number of phenols is 1. The number of para-hydroxylation sites is 2. The summed E-state index contributed by atoms with van der Waals surface area (Å²) in [7, 11) is 0. The van der Waals surface area contributed by atoms with Gasteiger partial charge in [0, 0.05) is 6.07 Å². The lowest BCUT2D eigenvalue weighted by molar-refractivity contribution is 0.455. The summed E-state index contributed by atoms with van der Waals surface area (Å²) in [6.45, 7) is 1.89. The fourth-order valence-electron chi connectivity index (χ4n) is 1.49. The summed E-state index contributed by atoms with van der Waals surface area (Å²) in [5.74, 6) is 1.35. The maximum Gasteiger partial charge on any atom is 0.150 e. The Morgan fingerprint density at radius 1 is 1.12 bits per heavy atom. The van der Waals surface area contributed by atoms with E-state index in [1.807, 2.05) is 25.1 Å². The van der Waals surface area contributed by atoms with Crippen molar-refractivity contribution in [3.63, 3.8) is 0 Å². The molecular formula is C13H13NO2. The van der Waals surface area contributed by atoms with Crippen molar-refractivity contribution in [1.29, 1.82) is 0 Å². The molecule has 16 heavy (non-hydrogen) atoms. The van der Waals surface area contributed by atoms with Crippen LogP contribution in [-0.4, -0.2) is 5.11 Å². The van der Waals surface area contributed by atoms with Gasteiger partial charge in [-0.15, -0.1) is 0 Å². The van der Waals surface area contributed by atoms with E-state index >= 15 is 0 Å².